The van der Waals surface area contributed by atoms with E-state index in [0.29, 0.717) is 18.5 Å². The van der Waals surface area contributed by atoms with E-state index >= 15 is 0 Å². The summed E-state index contributed by atoms with van der Waals surface area (Å²) < 4.78 is 30.7. The number of rotatable bonds is 10. The molecule has 5 N–H and O–H groups in total. The number of phenolic OH excluding ortho intramolecular Hbond substituents is 1. The molecule has 1 aliphatic heterocycles. The summed E-state index contributed by atoms with van der Waals surface area (Å²) in [5, 5.41) is 32.7. The Labute approximate surface area is 199 Å². The monoisotopic (exact) mass is 493 g/mol. The molecule has 186 valence electrons. The number of carbonyl (C=O) groups excluding carboxylic acids is 1. The number of fused-ring (bicyclic) bond motifs is 1. The van der Waals surface area contributed by atoms with Gasteiger partial charge >= 0.3 is 6.09 Å². The average Bonchev–Trinajstić information content (AvgIpc) is 2.78. The number of aliphatic hydroxyl groups is 2. The van der Waals surface area contributed by atoms with Gasteiger partial charge in [0.25, 0.3) is 10.0 Å². The molecule has 2 aromatic rings. The fraction of sp³-hybridized carbons (Fsp3) is 0.435. The lowest BCUT2D eigenvalue weighted by Crippen LogP contribution is -2.46. The molecule has 2 aromatic carbocycles. The zero-order chi connectivity index (χ0) is 25.1. The van der Waals surface area contributed by atoms with E-state index in [-0.39, 0.29) is 24.1 Å². The lowest BCUT2D eigenvalue weighted by atomic mass is 9.98. The van der Waals surface area contributed by atoms with Gasteiger partial charge in [-0.3, -0.25) is 9.62 Å². The van der Waals surface area contributed by atoms with Crippen LogP contribution in [0.1, 0.15) is 50.5 Å². The van der Waals surface area contributed by atoms with Crippen LogP contribution in [0.3, 0.4) is 0 Å². The number of sulfonamides is 1. The first-order valence-corrected chi connectivity index (χ1v) is 12.5. The lowest BCUT2D eigenvalue weighted by molar-refractivity contribution is 0.107. The fourth-order valence-corrected chi connectivity index (χ4v) is 4.24. The zero-order valence-corrected chi connectivity index (χ0v) is 20.2. The molecule has 0 aromatic heterocycles. The van der Waals surface area contributed by atoms with Gasteiger partial charge in [-0.2, -0.15) is 0 Å². The summed E-state index contributed by atoms with van der Waals surface area (Å²) in [4.78, 5) is 14.1. The van der Waals surface area contributed by atoms with Gasteiger partial charge in [0.15, 0.2) is 5.94 Å². The maximum atomic E-state index is 12.5. The summed E-state index contributed by atoms with van der Waals surface area (Å²) in [6, 6.07) is 11.7. The molecule has 0 saturated carbocycles. The van der Waals surface area contributed by atoms with Crippen LogP contribution in [0.25, 0.3) is 0 Å². The Morgan fingerprint density at radius 1 is 1.21 bits per heavy atom. The van der Waals surface area contributed by atoms with E-state index in [9.17, 15) is 23.4 Å². The highest BCUT2D eigenvalue weighted by molar-refractivity contribution is 7.92. The van der Waals surface area contributed by atoms with E-state index in [1.807, 2.05) is 45.0 Å². The number of benzene rings is 2. The van der Waals surface area contributed by atoms with Crippen LogP contribution in [0, 0.1) is 0 Å². The molecule has 3 rings (SSSR count). The van der Waals surface area contributed by atoms with Gasteiger partial charge in [0.1, 0.15) is 11.9 Å². The van der Waals surface area contributed by atoms with Crippen LogP contribution in [0.15, 0.2) is 42.5 Å². The number of nitrogens with zero attached hydrogens (tertiary/aromatic N) is 1. The predicted octanol–water partition coefficient (Wildman–Crippen LogP) is 2.59. The number of ether oxygens (including phenoxy) is 1. The van der Waals surface area contributed by atoms with Gasteiger partial charge in [-0.05, 0) is 51.0 Å². The van der Waals surface area contributed by atoms with Crippen molar-refractivity contribution in [2.24, 2.45) is 0 Å². The largest absolute Gasteiger partial charge is 0.506 e. The smallest absolute Gasteiger partial charge is 0.414 e. The number of hydrogen-bond donors (Lipinski definition) is 5. The molecular weight excluding hydrogens is 462 g/mol. The Morgan fingerprint density at radius 3 is 2.62 bits per heavy atom. The van der Waals surface area contributed by atoms with Crippen LogP contribution in [0.2, 0.25) is 0 Å². The topological polar surface area (TPSA) is 148 Å². The molecule has 0 bridgehead atoms. The number of phenols is 1. The first kappa shape index (κ1) is 25.8. The minimum Gasteiger partial charge on any atom is -0.506 e. The molecular formula is C23H31N3O7S. The maximum absolute atomic E-state index is 12.5. The van der Waals surface area contributed by atoms with Crippen molar-refractivity contribution in [3.05, 3.63) is 53.6 Å². The predicted molar refractivity (Wildman–Crippen MR) is 128 cm³/mol. The molecule has 0 fully saturated rings. The lowest BCUT2D eigenvalue weighted by Gasteiger charge is -2.35. The minimum atomic E-state index is -4.01. The number of cyclic esters (lactones) is 1. The molecule has 2 unspecified atom stereocenters. The molecule has 0 spiro atoms. The van der Waals surface area contributed by atoms with Gasteiger partial charge in [0.2, 0.25) is 0 Å². The van der Waals surface area contributed by atoms with Gasteiger partial charge in [-0.25, -0.2) is 13.2 Å². The number of anilines is 2. The van der Waals surface area contributed by atoms with E-state index in [1.165, 1.54) is 18.2 Å². The number of aromatic hydroxyl groups is 1. The van der Waals surface area contributed by atoms with E-state index < -0.39 is 33.7 Å². The third-order valence-electron chi connectivity index (χ3n) is 5.74. The van der Waals surface area contributed by atoms with Crippen LogP contribution >= 0.6 is 0 Å². The van der Waals surface area contributed by atoms with E-state index in [4.69, 9.17) is 9.84 Å². The standard InChI is InChI=1S/C23H31N3O7S/c1-15-17-6-4-5-7-19(17)26(22(30)33-15)11-10-23(2,3)24-13-21(29)16-8-9-20(28)18(12-16)25-34(31,32)14-27/h4-9,12,15,21,24-25,27-29H,10-11,13-14H2,1-3H3. The van der Waals surface area contributed by atoms with E-state index in [2.05, 4.69) is 10.0 Å². The second-order valence-electron chi connectivity index (χ2n) is 8.89. The Bertz CT molecular complexity index is 1140. The SMILES string of the molecule is CC1OC(=O)N(CCC(C)(C)NCC(O)c2ccc(O)c(NS(=O)(=O)CO)c2)c2ccccc21. The number of carbonyl (C=O) groups is 1. The van der Waals surface area contributed by atoms with Crippen molar-refractivity contribution in [2.75, 3.05) is 28.7 Å². The van der Waals surface area contributed by atoms with Crippen molar-refractivity contribution in [3.63, 3.8) is 0 Å². The van der Waals surface area contributed by atoms with Crippen molar-refractivity contribution in [2.45, 2.75) is 44.9 Å². The van der Waals surface area contributed by atoms with Gasteiger partial charge in [-0.1, -0.05) is 24.3 Å². The highest BCUT2D eigenvalue weighted by Crippen LogP contribution is 2.34. The second-order valence-corrected chi connectivity index (χ2v) is 10.6. The van der Waals surface area contributed by atoms with Gasteiger partial charge in [0, 0.05) is 24.2 Å². The molecule has 10 nitrogen and oxygen atoms in total. The zero-order valence-electron chi connectivity index (χ0n) is 19.4. The van der Waals surface area contributed by atoms with Crippen molar-refractivity contribution < 1.29 is 33.3 Å². The van der Waals surface area contributed by atoms with Crippen molar-refractivity contribution in [1.29, 1.82) is 0 Å². The molecule has 1 amide bonds. The van der Waals surface area contributed by atoms with Crippen LogP contribution < -0.4 is 14.9 Å². The van der Waals surface area contributed by atoms with Gasteiger partial charge in [0.05, 0.1) is 17.5 Å². The minimum absolute atomic E-state index is 0.138. The highest BCUT2D eigenvalue weighted by atomic mass is 32.2. The van der Waals surface area contributed by atoms with Crippen molar-refractivity contribution in [1.82, 2.24) is 5.32 Å². The number of nitrogens with one attached hydrogen (secondary N) is 2. The maximum Gasteiger partial charge on any atom is 0.414 e. The normalized spacial score (nSPS) is 17.1. The Kier molecular flexibility index (Phi) is 7.71. The number of β-amino-alcohol motifs (C(OH)–C–C–N with tert-alkyl or cyclic N) is 1. The summed E-state index contributed by atoms with van der Waals surface area (Å²) >= 11 is 0. The van der Waals surface area contributed by atoms with Crippen LogP contribution in [0.5, 0.6) is 5.75 Å². The molecule has 34 heavy (non-hydrogen) atoms. The number of para-hydroxylation sites is 1. The number of aliphatic hydroxyl groups excluding tert-OH is 2. The first-order chi connectivity index (χ1) is 15.9. The van der Waals surface area contributed by atoms with Gasteiger partial charge < -0.3 is 25.4 Å². The number of hydrogen-bond acceptors (Lipinski definition) is 8. The molecule has 1 heterocycles. The van der Waals surface area contributed by atoms with Crippen molar-refractivity contribution in [3.8, 4) is 5.75 Å². The molecule has 0 radical (unpaired) electrons. The molecule has 0 aliphatic carbocycles. The van der Waals surface area contributed by atoms with Crippen LogP contribution in [-0.4, -0.2) is 54.4 Å². The second kappa shape index (κ2) is 10.2. The number of amides is 1. The molecule has 11 heteroatoms. The Hall–Kier alpha value is -2.86. The van der Waals surface area contributed by atoms with Crippen molar-refractivity contribution >= 4 is 27.5 Å². The first-order valence-electron chi connectivity index (χ1n) is 10.9. The van der Waals surface area contributed by atoms with Crippen LogP contribution in [-0.2, 0) is 14.8 Å². The summed E-state index contributed by atoms with van der Waals surface area (Å²) in [6.07, 6.45) is -1.14. The molecule has 0 saturated heterocycles. The van der Waals surface area contributed by atoms with E-state index in [0.717, 1.165) is 11.3 Å². The quantitative estimate of drug-likeness (QED) is 0.317. The fourth-order valence-electron chi connectivity index (χ4n) is 3.68. The average molecular weight is 494 g/mol. The third kappa shape index (κ3) is 6.17. The molecule has 1 aliphatic rings. The Morgan fingerprint density at radius 2 is 1.91 bits per heavy atom. The third-order valence-corrected chi connectivity index (χ3v) is 6.61. The summed E-state index contributed by atoms with van der Waals surface area (Å²) in [6.45, 7) is 6.28. The summed E-state index contributed by atoms with van der Waals surface area (Å²) in [5.74, 6) is -1.47. The summed E-state index contributed by atoms with van der Waals surface area (Å²) in [5.41, 5.74) is 1.55. The highest BCUT2D eigenvalue weighted by Gasteiger charge is 2.31. The van der Waals surface area contributed by atoms with Gasteiger partial charge in [-0.15, -0.1) is 0 Å². The van der Waals surface area contributed by atoms with E-state index in [1.54, 1.807) is 4.90 Å². The molecule has 2 atom stereocenters. The Balaban J connectivity index is 1.62. The van der Waals surface area contributed by atoms with Crippen LogP contribution in [0.4, 0.5) is 16.2 Å². The summed E-state index contributed by atoms with van der Waals surface area (Å²) in [7, 11) is -4.01.